The van der Waals surface area contributed by atoms with Crippen LogP contribution in [-0.4, -0.2) is 27.1 Å². The smallest absolute Gasteiger partial charge is 0.240 e. The Labute approximate surface area is 150 Å². The van der Waals surface area contributed by atoms with Crippen LogP contribution in [0.4, 0.5) is 4.39 Å². The summed E-state index contributed by atoms with van der Waals surface area (Å²) < 4.78 is 19.1. The predicted molar refractivity (Wildman–Crippen MR) is 95.0 cm³/mol. The number of aromatic nitrogens is 3. The molecule has 0 saturated heterocycles. The van der Waals surface area contributed by atoms with Crippen molar-refractivity contribution in [1.82, 2.24) is 20.0 Å². The van der Waals surface area contributed by atoms with Gasteiger partial charge in [-0.3, -0.25) is 4.90 Å². The fraction of sp³-hybridized carbons (Fsp3) is 0.389. The van der Waals surface area contributed by atoms with Gasteiger partial charge in [-0.15, -0.1) is 11.3 Å². The van der Waals surface area contributed by atoms with Crippen molar-refractivity contribution in [1.29, 1.82) is 0 Å². The van der Waals surface area contributed by atoms with Crippen molar-refractivity contribution in [2.45, 2.75) is 39.8 Å². The van der Waals surface area contributed by atoms with Gasteiger partial charge in [-0.2, -0.15) is 4.98 Å². The molecule has 0 saturated carbocycles. The Hall–Kier alpha value is -2.12. The van der Waals surface area contributed by atoms with E-state index in [0.29, 0.717) is 30.2 Å². The molecule has 0 unspecified atom stereocenters. The minimum atomic E-state index is -0.256. The molecule has 5 nitrogen and oxygen atoms in total. The second kappa shape index (κ2) is 7.41. The lowest BCUT2D eigenvalue weighted by Crippen LogP contribution is -2.23. The Morgan fingerprint density at radius 1 is 1.24 bits per heavy atom. The molecule has 2 aromatic heterocycles. The Balaban J connectivity index is 1.66. The molecular formula is C18H21FN4OS. The topological polar surface area (TPSA) is 55.1 Å². The van der Waals surface area contributed by atoms with Crippen LogP contribution in [0.2, 0.25) is 0 Å². The lowest BCUT2D eigenvalue weighted by Gasteiger charge is -2.22. The minimum absolute atomic E-state index is 0.145. The second-order valence-corrected chi connectivity index (χ2v) is 7.55. The molecule has 3 rings (SSSR count). The van der Waals surface area contributed by atoms with Crippen molar-refractivity contribution >= 4 is 11.3 Å². The van der Waals surface area contributed by atoms with Crippen LogP contribution in [0.5, 0.6) is 0 Å². The maximum atomic E-state index is 13.7. The summed E-state index contributed by atoms with van der Waals surface area (Å²) in [6.07, 6.45) is 0.319. The summed E-state index contributed by atoms with van der Waals surface area (Å²) in [7, 11) is 2.00. The van der Waals surface area contributed by atoms with Crippen molar-refractivity contribution in [3.8, 4) is 0 Å². The third-order valence-corrected chi connectivity index (χ3v) is 5.10. The quantitative estimate of drug-likeness (QED) is 0.663. The molecule has 2 heterocycles. The van der Waals surface area contributed by atoms with Crippen molar-refractivity contribution in [3.63, 3.8) is 0 Å². The zero-order valence-corrected chi connectivity index (χ0v) is 15.6. The van der Waals surface area contributed by atoms with Crippen LogP contribution in [0.15, 0.2) is 28.8 Å². The van der Waals surface area contributed by atoms with E-state index < -0.39 is 0 Å². The van der Waals surface area contributed by atoms with Crippen molar-refractivity contribution in [2.24, 2.45) is 0 Å². The number of thiazole rings is 1. The van der Waals surface area contributed by atoms with Crippen LogP contribution >= 0.6 is 11.3 Å². The first kappa shape index (κ1) is 17.7. The number of benzene rings is 1. The van der Waals surface area contributed by atoms with Crippen LogP contribution in [0.3, 0.4) is 0 Å². The highest BCUT2D eigenvalue weighted by Crippen LogP contribution is 2.26. The molecule has 0 spiro atoms. The first-order valence-corrected chi connectivity index (χ1v) is 8.94. The summed E-state index contributed by atoms with van der Waals surface area (Å²) in [5, 5.41) is 5.03. The zero-order chi connectivity index (χ0) is 18.0. The number of hydrogen-bond donors (Lipinski definition) is 0. The molecule has 0 aliphatic heterocycles. The van der Waals surface area contributed by atoms with Crippen molar-refractivity contribution in [2.75, 3.05) is 7.05 Å². The number of hydrogen-bond acceptors (Lipinski definition) is 6. The molecule has 7 heteroatoms. The van der Waals surface area contributed by atoms with Crippen molar-refractivity contribution in [3.05, 3.63) is 62.9 Å². The van der Waals surface area contributed by atoms with Crippen LogP contribution in [0, 0.1) is 19.7 Å². The maximum Gasteiger partial charge on any atom is 0.240 e. The SMILES string of the molecule is Cc1nc([C@H](C)N(C)Cc2nc(Cc3ccccc3F)no2)c(C)s1. The van der Waals surface area contributed by atoms with Gasteiger partial charge in [-0.25, -0.2) is 9.37 Å². The predicted octanol–water partition coefficient (Wildman–Crippen LogP) is 4.07. The Morgan fingerprint density at radius 2 is 2.00 bits per heavy atom. The maximum absolute atomic E-state index is 13.7. The molecule has 0 fully saturated rings. The highest BCUT2D eigenvalue weighted by molar-refractivity contribution is 7.11. The van der Waals surface area contributed by atoms with Gasteiger partial charge in [0.2, 0.25) is 5.89 Å². The summed E-state index contributed by atoms with van der Waals surface area (Å²) in [4.78, 5) is 12.3. The van der Waals surface area contributed by atoms with Gasteiger partial charge in [-0.05, 0) is 39.4 Å². The lowest BCUT2D eigenvalue weighted by atomic mass is 10.1. The summed E-state index contributed by atoms with van der Waals surface area (Å²) >= 11 is 1.70. The second-order valence-electron chi connectivity index (χ2n) is 6.14. The van der Waals surface area contributed by atoms with Crippen LogP contribution in [-0.2, 0) is 13.0 Å². The van der Waals surface area contributed by atoms with Gasteiger partial charge in [0.25, 0.3) is 0 Å². The zero-order valence-electron chi connectivity index (χ0n) is 14.8. The minimum Gasteiger partial charge on any atom is -0.338 e. The summed E-state index contributed by atoms with van der Waals surface area (Å²) in [5.41, 5.74) is 1.64. The average molecular weight is 360 g/mol. The van der Waals surface area contributed by atoms with Gasteiger partial charge in [0.15, 0.2) is 5.82 Å². The van der Waals surface area contributed by atoms with Gasteiger partial charge < -0.3 is 4.52 Å². The van der Waals surface area contributed by atoms with E-state index in [0.717, 1.165) is 10.7 Å². The van der Waals surface area contributed by atoms with Gasteiger partial charge in [-0.1, -0.05) is 23.4 Å². The standard InChI is InChI=1S/C18H21FN4OS/c1-11(18-12(2)25-13(3)20-18)23(4)10-17-21-16(22-24-17)9-14-7-5-6-8-15(14)19/h5-8,11H,9-10H2,1-4H3/t11-/m0/s1. The van der Waals surface area contributed by atoms with E-state index in [1.807, 2.05) is 14.0 Å². The third kappa shape index (κ3) is 4.11. The molecule has 25 heavy (non-hydrogen) atoms. The third-order valence-electron chi connectivity index (χ3n) is 4.20. The molecule has 0 bridgehead atoms. The van der Waals surface area contributed by atoms with Crippen LogP contribution in [0.1, 0.15) is 45.8 Å². The van der Waals surface area contributed by atoms with E-state index >= 15 is 0 Å². The molecular weight excluding hydrogens is 339 g/mol. The Bertz CT molecular complexity index is 860. The van der Waals surface area contributed by atoms with Gasteiger partial charge in [0, 0.05) is 11.3 Å². The van der Waals surface area contributed by atoms with Gasteiger partial charge >= 0.3 is 0 Å². The first-order valence-electron chi connectivity index (χ1n) is 8.13. The number of aryl methyl sites for hydroxylation is 2. The fourth-order valence-electron chi connectivity index (χ4n) is 2.73. The van der Waals surface area contributed by atoms with E-state index in [-0.39, 0.29) is 11.9 Å². The summed E-state index contributed by atoms with van der Waals surface area (Å²) in [6.45, 7) is 6.73. The first-order chi connectivity index (χ1) is 11.9. The fourth-order valence-corrected chi connectivity index (χ4v) is 3.64. The summed E-state index contributed by atoms with van der Waals surface area (Å²) in [5.74, 6) is 0.751. The van der Waals surface area contributed by atoms with E-state index in [1.165, 1.54) is 10.9 Å². The average Bonchev–Trinajstić information content (AvgIpc) is 3.14. The molecule has 0 aliphatic rings. The number of nitrogens with zero attached hydrogens (tertiary/aromatic N) is 4. The lowest BCUT2D eigenvalue weighted by molar-refractivity contribution is 0.213. The van der Waals surface area contributed by atoms with Crippen molar-refractivity contribution < 1.29 is 8.91 Å². The number of rotatable bonds is 6. The molecule has 3 aromatic rings. The highest BCUT2D eigenvalue weighted by Gasteiger charge is 2.20. The highest BCUT2D eigenvalue weighted by atomic mass is 32.1. The van der Waals surface area contributed by atoms with E-state index in [9.17, 15) is 4.39 Å². The van der Waals surface area contributed by atoms with E-state index in [1.54, 1.807) is 29.5 Å². The monoisotopic (exact) mass is 360 g/mol. The van der Waals surface area contributed by atoms with Crippen LogP contribution in [0.25, 0.3) is 0 Å². The van der Waals surface area contributed by atoms with Crippen LogP contribution < -0.4 is 0 Å². The molecule has 1 aromatic carbocycles. The molecule has 0 radical (unpaired) electrons. The molecule has 0 aliphatic carbocycles. The molecule has 0 amide bonds. The summed E-state index contributed by atoms with van der Waals surface area (Å²) in [6, 6.07) is 6.77. The normalized spacial score (nSPS) is 12.7. The van der Waals surface area contributed by atoms with Gasteiger partial charge in [0.1, 0.15) is 5.82 Å². The molecule has 132 valence electrons. The number of halogens is 1. The molecule has 0 N–H and O–H groups in total. The van der Waals surface area contributed by atoms with Gasteiger partial charge in [0.05, 0.1) is 23.3 Å². The molecule has 1 atom stereocenters. The van der Waals surface area contributed by atoms with E-state index in [2.05, 4.69) is 33.9 Å². The Kier molecular flexibility index (Phi) is 5.24. The van der Waals surface area contributed by atoms with E-state index in [4.69, 9.17) is 4.52 Å². The largest absolute Gasteiger partial charge is 0.338 e. The Morgan fingerprint density at radius 3 is 2.68 bits per heavy atom.